The molecule has 7 nitrogen and oxygen atoms in total. The van der Waals surface area contributed by atoms with E-state index in [4.69, 9.17) is 9.15 Å². The fourth-order valence-corrected chi connectivity index (χ4v) is 2.15. The SMILES string of the molecule is CCOc1cnc(C(=O)N/N=C/c2ccc(N(CC)CC)cc2)o1. The van der Waals surface area contributed by atoms with Gasteiger partial charge in [0, 0.05) is 18.8 Å². The van der Waals surface area contributed by atoms with Crippen molar-refractivity contribution in [2.45, 2.75) is 20.8 Å². The number of aromatic nitrogens is 1. The molecule has 1 N–H and O–H groups in total. The second-order valence-electron chi connectivity index (χ2n) is 4.88. The molecule has 0 aliphatic heterocycles. The van der Waals surface area contributed by atoms with Crippen molar-refractivity contribution in [1.29, 1.82) is 0 Å². The highest BCUT2D eigenvalue weighted by atomic mass is 16.6. The molecule has 1 aromatic carbocycles. The molecule has 1 amide bonds. The van der Waals surface area contributed by atoms with Gasteiger partial charge in [0.1, 0.15) is 6.20 Å². The fourth-order valence-electron chi connectivity index (χ4n) is 2.15. The maximum Gasteiger partial charge on any atom is 0.327 e. The smallest absolute Gasteiger partial charge is 0.327 e. The van der Waals surface area contributed by atoms with Gasteiger partial charge in [-0.15, -0.1) is 0 Å². The van der Waals surface area contributed by atoms with Crippen molar-refractivity contribution in [1.82, 2.24) is 10.4 Å². The number of anilines is 1. The third-order valence-electron chi connectivity index (χ3n) is 3.37. The number of benzene rings is 1. The minimum Gasteiger partial charge on any atom is -0.464 e. The minimum absolute atomic E-state index is 0.0903. The molecule has 128 valence electrons. The summed E-state index contributed by atoms with van der Waals surface area (Å²) in [4.78, 5) is 17.9. The van der Waals surface area contributed by atoms with Crippen LogP contribution in [0.1, 0.15) is 37.0 Å². The number of nitrogens with zero attached hydrogens (tertiary/aromatic N) is 3. The Kier molecular flexibility index (Phi) is 6.36. The second-order valence-corrected chi connectivity index (χ2v) is 4.88. The van der Waals surface area contributed by atoms with E-state index in [1.165, 1.54) is 6.20 Å². The predicted molar refractivity (Wildman–Crippen MR) is 92.7 cm³/mol. The van der Waals surface area contributed by atoms with Gasteiger partial charge in [0.15, 0.2) is 0 Å². The lowest BCUT2D eigenvalue weighted by Gasteiger charge is -2.20. The molecule has 0 saturated heterocycles. The summed E-state index contributed by atoms with van der Waals surface area (Å²) in [7, 11) is 0. The Morgan fingerprint density at radius 2 is 2.00 bits per heavy atom. The molecule has 1 heterocycles. The molecule has 1 aromatic heterocycles. The summed E-state index contributed by atoms with van der Waals surface area (Å²) in [6, 6.07) is 7.94. The lowest BCUT2D eigenvalue weighted by molar-refractivity contribution is 0.0912. The molecule has 2 rings (SSSR count). The molecular formula is C17H22N4O3. The number of oxazole rings is 1. The van der Waals surface area contributed by atoms with Crippen LogP contribution in [0.5, 0.6) is 5.95 Å². The Hall–Kier alpha value is -2.83. The fraction of sp³-hybridized carbons (Fsp3) is 0.353. The van der Waals surface area contributed by atoms with Crippen molar-refractivity contribution >= 4 is 17.8 Å². The summed E-state index contributed by atoms with van der Waals surface area (Å²) in [6.07, 6.45) is 2.92. The number of hydrogen-bond donors (Lipinski definition) is 1. The number of hydrazone groups is 1. The number of amides is 1. The van der Waals surface area contributed by atoms with Crippen molar-refractivity contribution < 1.29 is 13.9 Å². The van der Waals surface area contributed by atoms with E-state index in [0.29, 0.717) is 6.61 Å². The summed E-state index contributed by atoms with van der Waals surface area (Å²) in [5, 5.41) is 3.91. The number of rotatable bonds is 8. The van der Waals surface area contributed by atoms with Crippen molar-refractivity contribution in [2.24, 2.45) is 5.10 Å². The van der Waals surface area contributed by atoms with Crippen LogP contribution in [0.3, 0.4) is 0 Å². The lowest BCUT2D eigenvalue weighted by Crippen LogP contribution is -2.21. The summed E-state index contributed by atoms with van der Waals surface area (Å²) in [5.41, 5.74) is 4.41. The Morgan fingerprint density at radius 1 is 1.29 bits per heavy atom. The molecule has 0 fully saturated rings. The standard InChI is InChI=1S/C17H22N4O3/c1-4-21(5-2)14-9-7-13(8-10-14)11-19-20-16(22)17-18-12-15(24-17)23-6-3/h7-12H,4-6H2,1-3H3,(H,20,22)/b19-11+. The van der Waals surface area contributed by atoms with Gasteiger partial charge in [0.05, 0.1) is 12.8 Å². The molecule has 2 aromatic rings. The van der Waals surface area contributed by atoms with Crippen molar-refractivity contribution in [2.75, 3.05) is 24.6 Å². The highest BCUT2D eigenvalue weighted by Gasteiger charge is 2.12. The van der Waals surface area contributed by atoms with Gasteiger partial charge in [-0.1, -0.05) is 12.1 Å². The third kappa shape index (κ3) is 4.58. The number of ether oxygens (including phenoxy) is 1. The number of hydrogen-bond acceptors (Lipinski definition) is 6. The summed E-state index contributed by atoms with van der Waals surface area (Å²) in [5.74, 6) is -0.414. The first-order chi connectivity index (χ1) is 11.7. The average Bonchev–Trinajstić information content (AvgIpc) is 3.06. The summed E-state index contributed by atoms with van der Waals surface area (Å²) >= 11 is 0. The maximum atomic E-state index is 11.8. The number of carbonyl (C=O) groups is 1. The van der Waals surface area contributed by atoms with Crippen LogP contribution in [-0.4, -0.2) is 36.8 Å². The van der Waals surface area contributed by atoms with E-state index in [-0.39, 0.29) is 11.8 Å². The zero-order valence-corrected chi connectivity index (χ0v) is 14.2. The van der Waals surface area contributed by atoms with Gasteiger partial charge in [0.2, 0.25) is 0 Å². The van der Waals surface area contributed by atoms with E-state index in [1.807, 2.05) is 31.2 Å². The molecular weight excluding hydrogens is 308 g/mol. The molecule has 24 heavy (non-hydrogen) atoms. The van der Waals surface area contributed by atoms with E-state index in [1.54, 1.807) is 6.21 Å². The molecule has 0 spiro atoms. The summed E-state index contributed by atoms with van der Waals surface area (Å²) < 4.78 is 10.2. The topological polar surface area (TPSA) is 80.0 Å². The largest absolute Gasteiger partial charge is 0.464 e. The molecule has 0 aliphatic carbocycles. The van der Waals surface area contributed by atoms with Crippen LogP contribution in [0.25, 0.3) is 0 Å². The van der Waals surface area contributed by atoms with Crippen LogP contribution in [0, 0.1) is 0 Å². The maximum absolute atomic E-state index is 11.8. The number of nitrogens with one attached hydrogen (secondary N) is 1. The molecule has 7 heteroatoms. The van der Waals surface area contributed by atoms with Crippen LogP contribution < -0.4 is 15.1 Å². The van der Waals surface area contributed by atoms with E-state index in [9.17, 15) is 4.79 Å². The van der Waals surface area contributed by atoms with E-state index >= 15 is 0 Å². The van der Waals surface area contributed by atoms with Gasteiger partial charge >= 0.3 is 11.9 Å². The molecule has 0 unspecified atom stereocenters. The Morgan fingerprint density at radius 3 is 2.62 bits per heavy atom. The monoisotopic (exact) mass is 330 g/mol. The average molecular weight is 330 g/mol. The van der Waals surface area contributed by atoms with Crippen LogP contribution in [0.4, 0.5) is 5.69 Å². The molecule has 0 radical (unpaired) electrons. The van der Waals surface area contributed by atoms with Gasteiger partial charge in [-0.2, -0.15) is 5.10 Å². The van der Waals surface area contributed by atoms with Gasteiger partial charge in [-0.3, -0.25) is 4.79 Å². The zero-order chi connectivity index (χ0) is 17.4. The lowest BCUT2D eigenvalue weighted by atomic mass is 10.2. The van der Waals surface area contributed by atoms with Crippen LogP contribution in [0.2, 0.25) is 0 Å². The Labute approximate surface area is 141 Å². The van der Waals surface area contributed by atoms with Gasteiger partial charge in [0.25, 0.3) is 5.89 Å². The summed E-state index contributed by atoms with van der Waals surface area (Å²) in [6.45, 7) is 8.41. The first-order valence-corrected chi connectivity index (χ1v) is 7.94. The molecule has 0 saturated carbocycles. The van der Waals surface area contributed by atoms with Crippen LogP contribution in [0.15, 0.2) is 40.0 Å². The minimum atomic E-state index is -0.531. The quantitative estimate of drug-likeness (QED) is 0.594. The molecule has 0 atom stereocenters. The number of carbonyl (C=O) groups excluding carboxylic acids is 1. The van der Waals surface area contributed by atoms with Crippen molar-refractivity contribution in [3.63, 3.8) is 0 Å². The van der Waals surface area contributed by atoms with Gasteiger partial charge in [-0.25, -0.2) is 10.4 Å². The Balaban J connectivity index is 1.92. The van der Waals surface area contributed by atoms with E-state index < -0.39 is 5.91 Å². The van der Waals surface area contributed by atoms with Crippen LogP contribution in [-0.2, 0) is 0 Å². The predicted octanol–water partition coefficient (Wildman–Crippen LogP) is 2.68. The van der Waals surface area contributed by atoms with E-state index in [2.05, 4.69) is 34.3 Å². The van der Waals surface area contributed by atoms with E-state index in [0.717, 1.165) is 24.3 Å². The first-order valence-electron chi connectivity index (χ1n) is 7.94. The highest BCUT2D eigenvalue weighted by Crippen LogP contribution is 2.14. The van der Waals surface area contributed by atoms with Gasteiger partial charge in [-0.05, 0) is 38.5 Å². The van der Waals surface area contributed by atoms with Crippen molar-refractivity contribution in [3.8, 4) is 5.95 Å². The second kappa shape index (κ2) is 8.71. The Bertz CT molecular complexity index is 675. The van der Waals surface area contributed by atoms with Crippen LogP contribution >= 0.6 is 0 Å². The normalized spacial score (nSPS) is 10.8. The third-order valence-corrected chi connectivity index (χ3v) is 3.37. The first kappa shape index (κ1) is 17.5. The van der Waals surface area contributed by atoms with Gasteiger partial charge < -0.3 is 14.1 Å². The highest BCUT2D eigenvalue weighted by molar-refractivity contribution is 5.90. The molecule has 0 aliphatic rings. The zero-order valence-electron chi connectivity index (χ0n) is 14.2. The van der Waals surface area contributed by atoms with Crippen molar-refractivity contribution in [3.05, 3.63) is 41.9 Å². The molecule has 0 bridgehead atoms.